The van der Waals surface area contributed by atoms with Crippen molar-refractivity contribution in [2.45, 2.75) is 12.5 Å². The van der Waals surface area contributed by atoms with Crippen LogP contribution in [0.5, 0.6) is 0 Å². The number of allylic oxidation sites excluding steroid dienone is 2. The van der Waals surface area contributed by atoms with E-state index in [2.05, 4.69) is 11.4 Å². The van der Waals surface area contributed by atoms with E-state index < -0.39 is 0 Å². The highest BCUT2D eigenvalue weighted by Gasteiger charge is 2.24. The number of hydrogen-bond acceptors (Lipinski definition) is 3. The molecule has 1 N–H and O–H groups in total. The topological polar surface area (TPSA) is 30.5 Å². The van der Waals surface area contributed by atoms with Crippen molar-refractivity contribution in [2.75, 3.05) is 6.79 Å². The van der Waals surface area contributed by atoms with E-state index >= 15 is 0 Å². The van der Waals surface area contributed by atoms with Crippen molar-refractivity contribution in [3.63, 3.8) is 0 Å². The first-order chi connectivity index (χ1) is 5.92. The molecule has 0 radical (unpaired) electrons. The lowest BCUT2D eigenvalue weighted by Crippen LogP contribution is -2.39. The molecule has 3 heteroatoms. The largest absolute Gasteiger partial charge is 0.454 e. The lowest BCUT2D eigenvalue weighted by atomic mass is 9.99. The fourth-order valence-electron chi connectivity index (χ4n) is 1.57. The van der Waals surface area contributed by atoms with Gasteiger partial charge in [-0.3, -0.25) is 0 Å². The van der Waals surface area contributed by atoms with E-state index in [-0.39, 0.29) is 0 Å². The van der Waals surface area contributed by atoms with Crippen LogP contribution in [0.2, 0.25) is 0 Å². The Morgan fingerprint density at radius 2 is 2.17 bits per heavy atom. The Balaban J connectivity index is 2.05. The van der Waals surface area contributed by atoms with E-state index in [9.17, 15) is 0 Å². The van der Waals surface area contributed by atoms with Crippen molar-refractivity contribution in [3.05, 3.63) is 35.4 Å². The van der Waals surface area contributed by atoms with Crippen LogP contribution in [0.1, 0.15) is 6.42 Å². The number of nitrogens with one attached hydrogen (secondary N) is 1. The molecular formula is C9H9NO2. The molecule has 0 aromatic carbocycles. The molecule has 0 aromatic heterocycles. The third-order valence-corrected chi connectivity index (χ3v) is 2.27. The van der Waals surface area contributed by atoms with Gasteiger partial charge >= 0.3 is 0 Å². The Bertz CT molecular complexity index is 306. The molecule has 3 heterocycles. The maximum atomic E-state index is 5.28. The van der Waals surface area contributed by atoms with E-state index in [0.29, 0.717) is 12.8 Å². The van der Waals surface area contributed by atoms with Gasteiger partial charge in [0.15, 0.2) is 11.5 Å². The van der Waals surface area contributed by atoms with Gasteiger partial charge < -0.3 is 14.8 Å². The zero-order valence-electron chi connectivity index (χ0n) is 6.54. The molecule has 1 fully saturated rings. The second kappa shape index (κ2) is 2.06. The second-order valence-corrected chi connectivity index (χ2v) is 3.12. The number of rotatable bonds is 0. The van der Waals surface area contributed by atoms with Gasteiger partial charge in [0.1, 0.15) is 0 Å². The van der Waals surface area contributed by atoms with E-state index in [0.717, 1.165) is 17.9 Å². The highest BCUT2D eigenvalue weighted by atomic mass is 16.7. The molecule has 3 aliphatic heterocycles. The summed E-state index contributed by atoms with van der Waals surface area (Å²) in [5.74, 6) is 1.71. The summed E-state index contributed by atoms with van der Waals surface area (Å²) in [6.45, 7) is 0.351. The van der Waals surface area contributed by atoms with Gasteiger partial charge in [0, 0.05) is 24.2 Å². The highest BCUT2D eigenvalue weighted by Crippen LogP contribution is 2.27. The van der Waals surface area contributed by atoms with Crippen molar-refractivity contribution in [1.29, 1.82) is 0 Å². The SMILES string of the molecule is C1=CC2CC(=CC3=C1OCO3)N2. The smallest absolute Gasteiger partial charge is 0.231 e. The molecule has 1 unspecified atom stereocenters. The number of hydrogen-bond donors (Lipinski definition) is 1. The van der Waals surface area contributed by atoms with Crippen LogP contribution in [0.4, 0.5) is 0 Å². The molecule has 2 bridgehead atoms. The first-order valence-corrected chi connectivity index (χ1v) is 4.07. The Kier molecular flexibility index (Phi) is 1.06. The number of ether oxygens (including phenoxy) is 2. The minimum Gasteiger partial charge on any atom is -0.454 e. The lowest BCUT2D eigenvalue weighted by molar-refractivity contribution is 0.0777. The van der Waals surface area contributed by atoms with Gasteiger partial charge in [-0.05, 0) is 6.08 Å². The molecule has 0 aromatic rings. The summed E-state index contributed by atoms with van der Waals surface area (Å²) < 4.78 is 10.5. The van der Waals surface area contributed by atoms with Gasteiger partial charge in [0.05, 0.1) is 0 Å². The summed E-state index contributed by atoms with van der Waals surface area (Å²) in [5.41, 5.74) is 1.24. The maximum Gasteiger partial charge on any atom is 0.231 e. The van der Waals surface area contributed by atoms with Crippen LogP contribution >= 0.6 is 0 Å². The maximum absolute atomic E-state index is 5.28. The van der Waals surface area contributed by atoms with Gasteiger partial charge in [0.2, 0.25) is 6.79 Å². The molecule has 62 valence electrons. The zero-order chi connectivity index (χ0) is 7.97. The van der Waals surface area contributed by atoms with Gasteiger partial charge in [-0.25, -0.2) is 0 Å². The van der Waals surface area contributed by atoms with Crippen LogP contribution in [0.25, 0.3) is 0 Å². The van der Waals surface area contributed by atoms with Gasteiger partial charge in [-0.2, -0.15) is 0 Å². The Labute approximate surface area is 70.3 Å². The van der Waals surface area contributed by atoms with Crippen molar-refractivity contribution in [1.82, 2.24) is 5.32 Å². The minimum atomic E-state index is 0.351. The molecule has 12 heavy (non-hydrogen) atoms. The van der Waals surface area contributed by atoms with Crippen molar-refractivity contribution in [3.8, 4) is 0 Å². The van der Waals surface area contributed by atoms with Crippen molar-refractivity contribution >= 4 is 0 Å². The molecule has 1 saturated heterocycles. The molecule has 0 saturated carbocycles. The van der Waals surface area contributed by atoms with Crippen LogP contribution in [0.15, 0.2) is 35.4 Å². The van der Waals surface area contributed by atoms with Crippen LogP contribution in [-0.4, -0.2) is 12.8 Å². The third kappa shape index (κ3) is 0.763. The minimum absolute atomic E-state index is 0.351. The van der Waals surface area contributed by atoms with Crippen molar-refractivity contribution < 1.29 is 9.47 Å². The second-order valence-electron chi connectivity index (χ2n) is 3.12. The molecule has 4 aliphatic rings. The summed E-state index contributed by atoms with van der Waals surface area (Å²) in [5, 5.41) is 3.30. The summed E-state index contributed by atoms with van der Waals surface area (Å²) in [6.07, 6.45) is 7.20. The standard InChI is InChI=1S/C9H9NO2/c1-2-8-9(12-5-11-8)4-7-3-6(1)10-7/h1-2,4,6,10H,3,5H2. The van der Waals surface area contributed by atoms with E-state index in [1.165, 1.54) is 5.70 Å². The Morgan fingerprint density at radius 1 is 1.33 bits per heavy atom. The Morgan fingerprint density at radius 3 is 3.08 bits per heavy atom. The summed E-state index contributed by atoms with van der Waals surface area (Å²) >= 11 is 0. The normalized spacial score (nSPS) is 30.0. The molecule has 1 aliphatic carbocycles. The van der Waals surface area contributed by atoms with Gasteiger partial charge in [-0.15, -0.1) is 0 Å². The predicted molar refractivity (Wildman–Crippen MR) is 42.8 cm³/mol. The molecule has 3 nitrogen and oxygen atoms in total. The first-order valence-electron chi connectivity index (χ1n) is 4.07. The van der Waals surface area contributed by atoms with E-state index in [1.807, 2.05) is 12.2 Å². The fraction of sp³-hybridized carbons (Fsp3) is 0.333. The molecule has 4 rings (SSSR count). The third-order valence-electron chi connectivity index (χ3n) is 2.27. The zero-order valence-corrected chi connectivity index (χ0v) is 6.54. The highest BCUT2D eigenvalue weighted by molar-refractivity contribution is 5.36. The summed E-state index contributed by atoms with van der Waals surface area (Å²) in [6, 6.07) is 0.495. The average molecular weight is 163 g/mol. The lowest BCUT2D eigenvalue weighted by Gasteiger charge is -2.30. The van der Waals surface area contributed by atoms with E-state index in [1.54, 1.807) is 0 Å². The fourth-order valence-corrected chi connectivity index (χ4v) is 1.57. The van der Waals surface area contributed by atoms with Crippen LogP contribution in [-0.2, 0) is 9.47 Å². The molecular weight excluding hydrogens is 154 g/mol. The van der Waals surface area contributed by atoms with Gasteiger partial charge in [-0.1, -0.05) is 6.08 Å². The molecule has 0 spiro atoms. The average Bonchev–Trinajstić information content (AvgIpc) is 2.31. The summed E-state index contributed by atoms with van der Waals surface area (Å²) in [4.78, 5) is 0. The quantitative estimate of drug-likeness (QED) is 0.578. The first kappa shape index (κ1) is 6.17. The van der Waals surface area contributed by atoms with Crippen LogP contribution in [0, 0.1) is 0 Å². The van der Waals surface area contributed by atoms with Gasteiger partial charge in [0.25, 0.3) is 0 Å². The van der Waals surface area contributed by atoms with E-state index in [4.69, 9.17) is 9.47 Å². The Hall–Kier alpha value is -1.38. The monoisotopic (exact) mass is 163 g/mol. The van der Waals surface area contributed by atoms with Crippen molar-refractivity contribution in [2.24, 2.45) is 0 Å². The van der Waals surface area contributed by atoms with Crippen LogP contribution < -0.4 is 5.32 Å². The predicted octanol–water partition coefficient (Wildman–Crippen LogP) is 1.02. The summed E-state index contributed by atoms with van der Waals surface area (Å²) in [7, 11) is 0. The molecule has 1 atom stereocenters. The van der Waals surface area contributed by atoms with Crippen LogP contribution in [0.3, 0.4) is 0 Å². The molecule has 0 amide bonds.